The Balaban J connectivity index is 1.63. The van der Waals surface area contributed by atoms with Crippen molar-refractivity contribution in [3.8, 4) is 0 Å². The predicted molar refractivity (Wildman–Crippen MR) is 72.1 cm³/mol. The number of nitrogens with zero attached hydrogens (tertiary/aromatic N) is 1. The maximum absolute atomic E-state index is 6.18. The lowest BCUT2D eigenvalue weighted by atomic mass is 9.35. The van der Waals surface area contributed by atoms with Gasteiger partial charge in [0.25, 0.3) is 0 Å². The second-order valence-corrected chi connectivity index (χ2v) is 7.62. The van der Waals surface area contributed by atoms with Crippen LogP contribution in [0.3, 0.4) is 0 Å². The fourth-order valence-electron chi connectivity index (χ4n) is 5.67. The zero-order chi connectivity index (χ0) is 12.5. The highest BCUT2D eigenvalue weighted by molar-refractivity contribution is 6.67. The molecule has 2 bridgehead atoms. The molecular formula is C14H25BNO2-. The van der Waals surface area contributed by atoms with E-state index in [9.17, 15) is 0 Å². The molecule has 5 aliphatic rings. The molecule has 2 saturated heterocycles. The minimum Gasteiger partial charge on any atom is -0.554 e. The number of hydrogen-bond donors (Lipinski definition) is 0. The summed E-state index contributed by atoms with van der Waals surface area (Å²) in [5.74, 6) is 3.18. The second kappa shape index (κ2) is 3.53. The molecule has 102 valence electrons. The predicted octanol–water partition coefficient (Wildman–Crippen LogP) is 2.36. The van der Waals surface area contributed by atoms with E-state index in [2.05, 4.69) is 25.6 Å². The molecule has 0 aromatic rings. The Morgan fingerprint density at radius 1 is 1.11 bits per heavy atom. The van der Waals surface area contributed by atoms with Crippen LogP contribution in [0.4, 0.5) is 0 Å². The van der Waals surface area contributed by atoms with Crippen LogP contribution >= 0.6 is 0 Å². The second-order valence-electron chi connectivity index (χ2n) is 7.62. The van der Waals surface area contributed by atoms with Crippen LogP contribution in [-0.2, 0) is 9.31 Å². The molecule has 2 heterocycles. The third-order valence-electron chi connectivity index (χ3n) is 6.93. The number of fused-ring (bicyclic) bond motifs is 4. The van der Waals surface area contributed by atoms with Gasteiger partial charge >= 0.3 is 6.69 Å². The van der Waals surface area contributed by atoms with E-state index in [-0.39, 0.29) is 0 Å². The van der Waals surface area contributed by atoms with Gasteiger partial charge in [0.1, 0.15) is 0 Å². The molecular weight excluding hydrogens is 225 g/mol. The molecule has 2 aliphatic heterocycles. The summed E-state index contributed by atoms with van der Waals surface area (Å²) in [5.41, 5.74) is 0.560. The topological polar surface area (TPSA) is 21.7 Å². The van der Waals surface area contributed by atoms with Crippen molar-refractivity contribution in [1.82, 2.24) is 4.81 Å². The van der Waals surface area contributed by atoms with Crippen molar-refractivity contribution in [1.29, 1.82) is 0 Å². The summed E-state index contributed by atoms with van der Waals surface area (Å²) in [6, 6.07) is 0. The summed E-state index contributed by atoms with van der Waals surface area (Å²) in [5, 5.41) is 0. The quantitative estimate of drug-likeness (QED) is 0.667. The molecule has 0 amide bonds. The lowest BCUT2D eigenvalue weighted by Crippen LogP contribution is -2.62. The highest BCUT2D eigenvalue weighted by Crippen LogP contribution is 2.67. The Morgan fingerprint density at radius 3 is 2.33 bits per heavy atom. The Kier molecular flexibility index (Phi) is 2.30. The van der Waals surface area contributed by atoms with E-state index in [1.807, 2.05) is 0 Å². The van der Waals surface area contributed by atoms with Gasteiger partial charge in [-0.15, -0.1) is 0 Å². The molecule has 3 saturated carbocycles. The van der Waals surface area contributed by atoms with Crippen LogP contribution in [0.5, 0.6) is 0 Å². The first kappa shape index (κ1) is 11.7. The SMILES string of the molecule is C[C@@H]1[C@H]2C[C@@H](C[C@@H]1[B-]13OCCN1CCO3)C2(C)C. The zero-order valence-electron chi connectivity index (χ0n) is 11.9. The highest BCUT2D eigenvalue weighted by atomic mass is 16.6. The average molecular weight is 250 g/mol. The van der Waals surface area contributed by atoms with E-state index in [0.717, 1.165) is 44.1 Å². The Bertz CT molecular complexity index is 363. The summed E-state index contributed by atoms with van der Waals surface area (Å²) >= 11 is 0. The molecule has 3 nitrogen and oxygen atoms in total. The van der Waals surface area contributed by atoms with E-state index in [0.29, 0.717) is 11.2 Å². The molecule has 4 atom stereocenters. The smallest absolute Gasteiger partial charge is 0.321 e. The van der Waals surface area contributed by atoms with E-state index in [1.54, 1.807) is 0 Å². The van der Waals surface area contributed by atoms with Crippen molar-refractivity contribution >= 4 is 6.69 Å². The van der Waals surface area contributed by atoms with E-state index >= 15 is 0 Å². The third-order valence-corrected chi connectivity index (χ3v) is 6.93. The maximum atomic E-state index is 6.18. The van der Waals surface area contributed by atoms with Gasteiger partial charge in [-0.3, -0.25) is 0 Å². The van der Waals surface area contributed by atoms with Crippen molar-refractivity contribution in [2.45, 2.75) is 39.4 Å². The standard InChI is InChI=1S/C14H25BNO2/c1-10-12-8-11(14(12,2)3)9-13(10)15-16(4-6-17-15)5-7-18-15/h10-13H,4-9H2,1-3H3/q-1/t10-,11+,12-,13+/m1/s1. The molecule has 5 rings (SSSR count). The Morgan fingerprint density at radius 2 is 1.78 bits per heavy atom. The molecule has 0 radical (unpaired) electrons. The van der Waals surface area contributed by atoms with Gasteiger partial charge in [0.05, 0.1) is 0 Å². The normalized spacial score (nSPS) is 48.8. The van der Waals surface area contributed by atoms with Gasteiger partial charge in [0.2, 0.25) is 0 Å². The summed E-state index contributed by atoms with van der Waals surface area (Å²) in [6.45, 7) is 10.2. The Labute approximate surface area is 110 Å². The lowest BCUT2D eigenvalue weighted by Gasteiger charge is -2.66. The first-order valence-corrected chi connectivity index (χ1v) is 7.73. The summed E-state index contributed by atoms with van der Waals surface area (Å²) in [7, 11) is 0. The monoisotopic (exact) mass is 250 g/mol. The third kappa shape index (κ3) is 1.22. The maximum Gasteiger partial charge on any atom is 0.321 e. The summed E-state index contributed by atoms with van der Waals surface area (Å²) in [6.07, 6.45) is 2.76. The Hall–Kier alpha value is -0.0551. The van der Waals surface area contributed by atoms with Crippen molar-refractivity contribution < 1.29 is 9.31 Å². The van der Waals surface area contributed by atoms with Crippen LogP contribution < -0.4 is 0 Å². The van der Waals surface area contributed by atoms with Crippen molar-refractivity contribution in [3.63, 3.8) is 0 Å². The number of hydrogen-bond acceptors (Lipinski definition) is 3. The van der Waals surface area contributed by atoms with Crippen LogP contribution in [0.25, 0.3) is 0 Å². The summed E-state index contributed by atoms with van der Waals surface area (Å²) in [4.78, 5) is 2.51. The van der Waals surface area contributed by atoms with Gasteiger partial charge in [-0.25, -0.2) is 0 Å². The van der Waals surface area contributed by atoms with E-state index in [1.165, 1.54) is 12.8 Å². The molecule has 18 heavy (non-hydrogen) atoms. The molecule has 0 aromatic carbocycles. The number of rotatable bonds is 1. The highest BCUT2D eigenvalue weighted by Gasteiger charge is 2.61. The van der Waals surface area contributed by atoms with Crippen LogP contribution in [0.1, 0.15) is 33.6 Å². The molecule has 3 aliphatic carbocycles. The largest absolute Gasteiger partial charge is 0.554 e. The van der Waals surface area contributed by atoms with Crippen molar-refractivity contribution in [3.05, 3.63) is 0 Å². The first-order chi connectivity index (χ1) is 8.56. The van der Waals surface area contributed by atoms with Gasteiger partial charge in [-0.05, 0) is 36.8 Å². The van der Waals surface area contributed by atoms with Crippen LogP contribution in [0.2, 0.25) is 5.82 Å². The van der Waals surface area contributed by atoms with E-state index in [4.69, 9.17) is 9.31 Å². The van der Waals surface area contributed by atoms with Crippen molar-refractivity contribution in [2.24, 2.45) is 23.2 Å². The average Bonchev–Trinajstić information content (AvgIpc) is 2.87. The van der Waals surface area contributed by atoms with Gasteiger partial charge in [-0.1, -0.05) is 38.9 Å². The first-order valence-electron chi connectivity index (χ1n) is 7.73. The van der Waals surface area contributed by atoms with E-state index < -0.39 is 6.69 Å². The molecule has 0 N–H and O–H groups in total. The van der Waals surface area contributed by atoms with Crippen molar-refractivity contribution in [2.75, 3.05) is 26.3 Å². The molecule has 4 heteroatoms. The minimum absolute atomic E-state index is 0.560. The minimum atomic E-state index is -1.09. The lowest BCUT2D eigenvalue weighted by molar-refractivity contribution is -0.106. The van der Waals surface area contributed by atoms with Gasteiger partial charge < -0.3 is 14.1 Å². The van der Waals surface area contributed by atoms with Gasteiger partial charge in [0.15, 0.2) is 0 Å². The van der Waals surface area contributed by atoms with Crippen LogP contribution in [-0.4, -0.2) is 37.8 Å². The van der Waals surface area contributed by atoms with Crippen LogP contribution in [0, 0.1) is 23.2 Å². The molecule has 5 fully saturated rings. The van der Waals surface area contributed by atoms with Gasteiger partial charge in [0, 0.05) is 13.2 Å². The fourth-order valence-corrected chi connectivity index (χ4v) is 5.67. The van der Waals surface area contributed by atoms with Gasteiger partial charge in [-0.2, -0.15) is 0 Å². The molecule has 0 aromatic heterocycles. The van der Waals surface area contributed by atoms with Crippen LogP contribution in [0.15, 0.2) is 0 Å². The summed E-state index contributed by atoms with van der Waals surface area (Å²) < 4.78 is 12.4. The molecule has 0 spiro atoms. The zero-order valence-corrected chi connectivity index (χ0v) is 11.9. The fraction of sp³-hybridized carbons (Fsp3) is 1.00. The molecule has 0 unspecified atom stereocenters.